The third-order valence-electron chi connectivity index (χ3n) is 2.72. The van der Waals surface area contributed by atoms with Gasteiger partial charge in [0.05, 0.1) is 6.10 Å². The van der Waals surface area contributed by atoms with Crippen molar-refractivity contribution in [3.8, 4) is 0 Å². The Labute approximate surface area is 113 Å². The topological polar surface area (TPSA) is 123 Å². The molecule has 106 valence electrons. The van der Waals surface area contributed by atoms with Gasteiger partial charge in [-0.2, -0.15) is 0 Å². The van der Waals surface area contributed by atoms with Gasteiger partial charge < -0.3 is 4.74 Å². The van der Waals surface area contributed by atoms with E-state index >= 15 is 0 Å². The van der Waals surface area contributed by atoms with Gasteiger partial charge in [-0.1, -0.05) is 5.43 Å². The van der Waals surface area contributed by atoms with Gasteiger partial charge in [0, 0.05) is 43.6 Å². The van der Waals surface area contributed by atoms with E-state index in [1.807, 2.05) is 6.08 Å². The number of allylic oxidation sites excluding steroid dienone is 1. The second kappa shape index (κ2) is 6.06. The molecule has 9 nitrogen and oxygen atoms in total. The lowest BCUT2D eigenvalue weighted by Gasteiger charge is -2.14. The number of nitrogens with zero attached hydrogens (tertiary/aromatic N) is 3. The molecule has 1 aliphatic heterocycles. The lowest BCUT2D eigenvalue weighted by Crippen LogP contribution is -2.20. The van der Waals surface area contributed by atoms with Gasteiger partial charge in [-0.05, 0) is 6.08 Å². The number of ether oxygens (including phenoxy) is 1. The third kappa shape index (κ3) is 3.48. The van der Waals surface area contributed by atoms with E-state index in [9.17, 15) is 14.9 Å². The first-order valence-corrected chi connectivity index (χ1v) is 5.83. The Hall–Kier alpha value is -2.55. The normalized spacial score (nSPS) is 17.6. The zero-order valence-electron chi connectivity index (χ0n) is 10.7. The molecular weight excluding hydrogens is 266 g/mol. The maximum Gasteiger partial charge on any atom is 0.265 e. The van der Waals surface area contributed by atoms with Crippen molar-refractivity contribution in [3.63, 3.8) is 0 Å². The van der Waals surface area contributed by atoms with Crippen LogP contribution in [0.3, 0.4) is 0 Å². The minimum atomic E-state index is -0.797. The summed E-state index contributed by atoms with van der Waals surface area (Å²) in [6, 6.07) is 0. The minimum absolute atomic E-state index is 0.0510. The van der Waals surface area contributed by atoms with Crippen molar-refractivity contribution >= 4 is 12.2 Å². The molecule has 0 aliphatic carbocycles. The highest BCUT2D eigenvalue weighted by molar-refractivity contribution is 5.62. The van der Waals surface area contributed by atoms with E-state index in [0.717, 1.165) is 0 Å². The Balaban J connectivity index is 2.14. The van der Waals surface area contributed by atoms with Crippen LogP contribution in [0.5, 0.6) is 0 Å². The van der Waals surface area contributed by atoms with Gasteiger partial charge in [-0.15, -0.1) is 0 Å². The van der Waals surface area contributed by atoms with Crippen molar-refractivity contribution in [2.45, 2.75) is 18.9 Å². The highest BCUT2D eigenvalue weighted by Gasteiger charge is 2.12. The summed E-state index contributed by atoms with van der Waals surface area (Å²) in [4.78, 5) is 32.3. The summed E-state index contributed by atoms with van der Waals surface area (Å²) in [5.41, 5.74) is 2.41. The largest absolute Gasteiger partial charge is 0.377 e. The summed E-state index contributed by atoms with van der Waals surface area (Å²) in [5, 5.41) is 9.44. The first-order valence-electron chi connectivity index (χ1n) is 5.83. The highest BCUT2D eigenvalue weighted by Crippen LogP contribution is 2.13. The second-order valence-electron chi connectivity index (χ2n) is 4.11. The number of rotatable bonds is 5. The average Bonchev–Trinajstić information content (AvgIpc) is 2.41. The number of hydrazine groups is 1. The molecule has 1 aromatic rings. The molecule has 0 saturated heterocycles. The molecule has 1 unspecified atom stereocenters. The fourth-order valence-corrected chi connectivity index (χ4v) is 1.75. The molecule has 2 rings (SSSR count). The van der Waals surface area contributed by atoms with E-state index in [0.29, 0.717) is 17.7 Å². The number of nitro groups is 1. The number of aromatic amines is 1. The number of anilines is 1. The summed E-state index contributed by atoms with van der Waals surface area (Å²) in [5.74, 6) is -0.209. The number of hydrogen-bond acceptors (Lipinski definition) is 6. The van der Waals surface area contributed by atoms with E-state index in [1.54, 1.807) is 18.8 Å². The van der Waals surface area contributed by atoms with E-state index in [-0.39, 0.29) is 18.5 Å². The molecule has 1 aromatic heterocycles. The predicted molar refractivity (Wildman–Crippen MR) is 71.2 cm³/mol. The summed E-state index contributed by atoms with van der Waals surface area (Å²) < 4.78 is 5.20. The van der Waals surface area contributed by atoms with Crippen LogP contribution in [0.2, 0.25) is 0 Å². The van der Waals surface area contributed by atoms with Crippen molar-refractivity contribution in [3.05, 3.63) is 44.0 Å². The fraction of sp³-hybridized carbons (Fsp3) is 0.364. The Bertz CT molecular complexity index is 621. The third-order valence-corrected chi connectivity index (χ3v) is 2.72. The van der Waals surface area contributed by atoms with Crippen LogP contribution in [0.15, 0.2) is 27.8 Å². The molecule has 20 heavy (non-hydrogen) atoms. The molecule has 0 bridgehead atoms. The highest BCUT2D eigenvalue weighted by atomic mass is 16.7. The SMILES string of the molecule is COC1C=C(Cc2cnc(N[N+](=O)[O-])[nH]c2=O)N=CC1. The summed E-state index contributed by atoms with van der Waals surface area (Å²) >= 11 is 0. The van der Waals surface area contributed by atoms with Gasteiger partial charge >= 0.3 is 0 Å². The number of hydrogen-bond donors (Lipinski definition) is 2. The van der Waals surface area contributed by atoms with Crippen LogP contribution in [0, 0.1) is 10.1 Å². The number of H-pyrrole nitrogens is 1. The van der Waals surface area contributed by atoms with E-state index in [1.165, 1.54) is 6.20 Å². The lowest BCUT2D eigenvalue weighted by molar-refractivity contribution is -0.446. The minimum Gasteiger partial charge on any atom is -0.377 e. The zero-order chi connectivity index (χ0) is 14.5. The monoisotopic (exact) mass is 279 g/mol. The van der Waals surface area contributed by atoms with E-state index in [4.69, 9.17) is 4.74 Å². The predicted octanol–water partition coefficient (Wildman–Crippen LogP) is 0.289. The Morgan fingerprint density at radius 1 is 1.65 bits per heavy atom. The summed E-state index contributed by atoms with van der Waals surface area (Å²) in [6.07, 6.45) is 5.79. The van der Waals surface area contributed by atoms with Crippen molar-refractivity contribution in [2.24, 2.45) is 4.99 Å². The van der Waals surface area contributed by atoms with E-state index < -0.39 is 10.6 Å². The summed E-state index contributed by atoms with van der Waals surface area (Å²) in [7, 11) is 1.60. The van der Waals surface area contributed by atoms with Gasteiger partial charge in [0.25, 0.3) is 11.5 Å². The van der Waals surface area contributed by atoms with Gasteiger partial charge in [0.2, 0.25) is 0 Å². The van der Waals surface area contributed by atoms with Crippen LogP contribution in [0.4, 0.5) is 5.95 Å². The van der Waals surface area contributed by atoms with Gasteiger partial charge in [-0.3, -0.25) is 14.8 Å². The molecule has 1 aliphatic rings. The van der Waals surface area contributed by atoms with Crippen molar-refractivity contribution in [1.29, 1.82) is 0 Å². The quantitative estimate of drug-likeness (QED) is 0.590. The molecular formula is C11H13N5O4. The van der Waals surface area contributed by atoms with Crippen molar-refractivity contribution < 1.29 is 9.77 Å². The summed E-state index contributed by atoms with van der Waals surface area (Å²) in [6.45, 7) is 0. The number of aromatic nitrogens is 2. The van der Waals surface area contributed by atoms with Crippen LogP contribution in [-0.4, -0.2) is 34.4 Å². The van der Waals surface area contributed by atoms with Crippen LogP contribution >= 0.6 is 0 Å². The Morgan fingerprint density at radius 3 is 3.10 bits per heavy atom. The first kappa shape index (κ1) is 13.9. The standard InChI is InChI=1S/C11H13N5O4/c1-20-9-2-3-12-8(5-9)4-7-6-13-11(14-10(7)17)15-16(18)19/h3,5-6,9H,2,4H2,1H3,(H2,13,14,15,17). The number of nitrogens with one attached hydrogen (secondary N) is 2. The van der Waals surface area contributed by atoms with Crippen LogP contribution in [0.1, 0.15) is 12.0 Å². The lowest BCUT2D eigenvalue weighted by atomic mass is 10.1. The number of methoxy groups -OCH3 is 1. The molecule has 2 N–H and O–H groups in total. The first-order chi connectivity index (χ1) is 9.58. The molecule has 9 heteroatoms. The molecule has 0 fully saturated rings. The molecule has 1 atom stereocenters. The van der Waals surface area contributed by atoms with Crippen LogP contribution in [-0.2, 0) is 11.2 Å². The maximum atomic E-state index is 11.8. The second-order valence-corrected chi connectivity index (χ2v) is 4.11. The zero-order valence-corrected chi connectivity index (χ0v) is 10.7. The fourth-order valence-electron chi connectivity index (χ4n) is 1.75. The molecule has 0 aromatic carbocycles. The molecule has 2 heterocycles. The Kier molecular flexibility index (Phi) is 4.20. The van der Waals surface area contributed by atoms with E-state index in [2.05, 4.69) is 15.0 Å². The van der Waals surface area contributed by atoms with Crippen LogP contribution < -0.4 is 11.0 Å². The van der Waals surface area contributed by atoms with Gasteiger partial charge in [-0.25, -0.2) is 15.1 Å². The van der Waals surface area contributed by atoms with Crippen LogP contribution in [0.25, 0.3) is 0 Å². The van der Waals surface area contributed by atoms with Crippen molar-refractivity contribution in [1.82, 2.24) is 9.97 Å². The Morgan fingerprint density at radius 2 is 2.45 bits per heavy atom. The van der Waals surface area contributed by atoms with Gasteiger partial charge in [0.15, 0.2) is 5.03 Å². The smallest absolute Gasteiger partial charge is 0.265 e. The average molecular weight is 279 g/mol. The molecule has 0 saturated carbocycles. The molecule has 0 spiro atoms. The van der Waals surface area contributed by atoms with Crippen molar-refractivity contribution in [2.75, 3.05) is 12.5 Å². The number of aliphatic imine (C=N–C) groups is 1. The molecule has 0 amide bonds. The van der Waals surface area contributed by atoms with Gasteiger partial charge in [0.1, 0.15) is 0 Å². The molecule has 0 radical (unpaired) electrons. The maximum absolute atomic E-state index is 11.8.